The molecule has 0 unspecified atom stereocenters. The van der Waals surface area contributed by atoms with Crippen LogP contribution >= 0.6 is 11.6 Å². The van der Waals surface area contributed by atoms with Crippen LogP contribution in [0, 0.1) is 0 Å². The van der Waals surface area contributed by atoms with Gasteiger partial charge in [-0.3, -0.25) is 0 Å². The van der Waals surface area contributed by atoms with Crippen LogP contribution in [0.4, 0.5) is 5.82 Å². The van der Waals surface area contributed by atoms with Crippen molar-refractivity contribution in [1.82, 2.24) is 4.98 Å². The summed E-state index contributed by atoms with van der Waals surface area (Å²) in [6.45, 7) is 2.01. The average molecular weight is 216 g/mol. The summed E-state index contributed by atoms with van der Waals surface area (Å²) >= 11 is 5.83. The van der Waals surface area contributed by atoms with Crippen molar-refractivity contribution in [3.8, 4) is 0 Å². The van der Waals surface area contributed by atoms with Gasteiger partial charge in [0.2, 0.25) is 0 Å². The number of nitrogens with one attached hydrogen (secondary N) is 1. The molecule has 3 N–H and O–H groups in total. The number of anilines is 1. The second kappa shape index (κ2) is 4.78. The van der Waals surface area contributed by atoms with E-state index in [1.54, 1.807) is 6.92 Å². The van der Waals surface area contributed by atoms with Gasteiger partial charge in [-0.1, -0.05) is 11.6 Å². The molecule has 0 spiro atoms. The summed E-state index contributed by atoms with van der Waals surface area (Å²) in [6.07, 6.45) is 1.42. The standard InChI is InChI=1S/C8H10ClN3O2/c1-2-14-8(13)5-3-4-11-7(12-10)6(5)9/h3-4H,2,10H2,1H3,(H,11,12). The maximum Gasteiger partial charge on any atom is 0.339 e. The molecule has 1 heterocycles. The molecule has 0 fully saturated rings. The molecule has 76 valence electrons. The lowest BCUT2D eigenvalue weighted by Crippen LogP contribution is -2.12. The average Bonchev–Trinajstić information content (AvgIpc) is 2.18. The fraction of sp³-hybridized carbons (Fsp3) is 0.250. The number of hydrogen-bond acceptors (Lipinski definition) is 5. The van der Waals surface area contributed by atoms with Gasteiger partial charge in [0, 0.05) is 6.20 Å². The van der Waals surface area contributed by atoms with Crippen molar-refractivity contribution in [3.05, 3.63) is 22.8 Å². The molecule has 0 saturated heterocycles. The van der Waals surface area contributed by atoms with Gasteiger partial charge in [0.25, 0.3) is 0 Å². The first kappa shape index (κ1) is 10.7. The third-order valence-corrected chi connectivity index (χ3v) is 1.90. The lowest BCUT2D eigenvalue weighted by atomic mass is 10.2. The number of carbonyl (C=O) groups excluding carboxylic acids is 1. The zero-order chi connectivity index (χ0) is 10.6. The van der Waals surface area contributed by atoms with Crippen LogP contribution in [0.3, 0.4) is 0 Å². The number of carbonyl (C=O) groups is 1. The SMILES string of the molecule is CCOC(=O)c1ccnc(NN)c1Cl. The van der Waals surface area contributed by atoms with Crippen LogP contribution in [0.1, 0.15) is 17.3 Å². The van der Waals surface area contributed by atoms with E-state index >= 15 is 0 Å². The van der Waals surface area contributed by atoms with Crippen molar-refractivity contribution in [2.24, 2.45) is 5.84 Å². The molecule has 0 bridgehead atoms. The first-order chi connectivity index (χ1) is 6.70. The van der Waals surface area contributed by atoms with E-state index in [0.717, 1.165) is 0 Å². The van der Waals surface area contributed by atoms with Crippen molar-refractivity contribution >= 4 is 23.4 Å². The molecule has 6 heteroatoms. The first-order valence-electron chi connectivity index (χ1n) is 3.99. The summed E-state index contributed by atoms with van der Waals surface area (Å²) in [4.78, 5) is 15.2. The zero-order valence-corrected chi connectivity index (χ0v) is 8.34. The predicted molar refractivity (Wildman–Crippen MR) is 53.0 cm³/mol. The Hall–Kier alpha value is -1.33. The van der Waals surface area contributed by atoms with Gasteiger partial charge in [-0.15, -0.1) is 0 Å². The van der Waals surface area contributed by atoms with E-state index in [-0.39, 0.29) is 16.4 Å². The lowest BCUT2D eigenvalue weighted by molar-refractivity contribution is 0.0526. The molecule has 0 atom stereocenters. The number of hydrazine groups is 1. The molecule has 0 aliphatic rings. The molecule has 1 rings (SSSR count). The Morgan fingerprint density at radius 2 is 2.50 bits per heavy atom. The van der Waals surface area contributed by atoms with Crippen molar-refractivity contribution in [3.63, 3.8) is 0 Å². The summed E-state index contributed by atoms with van der Waals surface area (Å²) in [6, 6.07) is 1.47. The number of ether oxygens (including phenoxy) is 1. The largest absolute Gasteiger partial charge is 0.462 e. The van der Waals surface area contributed by atoms with Crippen LogP contribution in [-0.2, 0) is 4.74 Å². The Kier molecular flexibility index (Phi) is 3.67. The van der Waals surface area contributed by atoms with Gasteiger partial charge < -0.3 is 10.2 Å². The smallest absolute Gasteiger partial charge is 0.339 e. The number of nitrogens with zero attached hydrogens (tertiary/aromatic N) is 1. The first-order valence-corrected chi connectivity index (χ1v) is 4.36. The summed E-state index contributed by atoms with van der Waals surface area (Å²) in [5.74, 6) is 4.90. The topological polar surface area (TPSA) is 77.2 Å². The Morgan fingerprint density at radius 3 is 3.07 bits per heavy atom. The van der Waals surface area contributed by atoms with E-state index in [9.17, 15) is 4.79 Å². The molecule has 0 aromatic carbocycles. The second-order valence-corrected chi connectivity index (χ2v) is 2.76. The van der Waals surface area contributed by atoms with Crippen molar-refractivity contribution in [2.75, 3.05) is 12.0 Å². The third-order valence-electron chi connectivity index (χ3n) is 1.52. The highest BCUT2D eigenvalue weighted by molar-refractivity contribution is 6.35. The summed E-state index contributed by atoms with van der Waals surface area (Å²) < 4.78 is 4.79. The Balaban J connectivity index is 3.03. The molecule has 14 heavy (non-hydrogen) atoms. The molecule has 0 saturated carbocycles. The highest BCUT2D eigenvalue weighted by Crippen LogP contribution is 2.23. The second-order valence-electron chi connectivity index (χ2n) is 2.39. The monoisotopic (exact) mass is 215 g/mol. The number of pyridine rings is 1. The number of halogens is 1. The summed E-state index contributed by atoms with van der Waals surface area (Å²) in [7, 11) is 0. The minimum atomic E-state index is -0.489. The summed E-state index contributed by atoms with van der Waals surface area (Å²) in [5.41, 5.74) is 2.53. The van der Waals surface area contributed by atoms with Crippen molar-refractivity contribution in [2.45, 2.75) is 6.92 Å². The van der Waals surface area contributed by atoms with Gasteiger partial charge in [0.15, 0.2) is 5.82 Å². The van der Waals surface area contributed by atoms with E-state index in [1.807, 2.05) is 0 Å². The Labute approximate surface area is 86.2 Å². The molecule has 5 nitrogen and oxygen atoms in total. The highest BCUT2D eigenvalue weighted by atomic mass is 35.5. The molecule has 0 amide bonds. The van der Waals surface area contributed by atoms with Crippen LogP contribution < -0.4 is 11.3 Å². The fourth-order valence-corrected chi connectivity index (χ4v) is 1.15. The number of nitrogens with two attached hydrogens (primary N) is 1. The van der Waals surface area contributed by atoms with E-state index in [2.05, 4.69) is 10.4 Å². The molecule has 0 aliphatic carbocycles. The predicted octanol–water partition coefficient (Wildman–Crippen LogP) is 1.20. The van der Waals surface area contributed by atoms with Crippen LogP contribution in [0.15, 0.2) is 12.3 Å². The normalized spacial score (nSPS) is 9.64. The highest BCUT2D eigenvalue weighted by Gasteiger charge is 2.14. The number of hydrogen-bond donors (Lipinski definition) is 2. The molecule has 0 radical (unpaired) electrons. The molecular formula is C8H10ClN3O2. The Bertz CT molecular complexity index is 343. The molecule has 0 aliphatic heterocycles. The van der Waals surface area contributed by atoms with Crippen molar-refractivity contribution < 1.29 is 9.53 Å². The number of nitrogen functional groups attached to an aromatic ring is 1. The summed E-state index contributed by atoms with van der Waals surface area (Å²) in [5, 5.41) is 0.161. The van der Waals surface area contributed by atoms with Gasteiger partial charge in [-0.25, -0.2) is 15.6 Å². The molecular weight excluding hydrogens is 206 g/mol. The maximum absolute atomic E-state index is 11.3. The molecule has 1 aromatic heterocycles. The van der Waals surface area contributed by atoms with E-state index in [0.29, 0.717) is 6.61 Å². The van der Waals surface area contributed by atoms with Crippen LogP contribution in [0.25, 0.3) is 0 Å². The van der Waals surface area contributed by atoms with Gasteiger partial charge in [-0.05, 0) is 13.0 Å². The van der Waals surface area contributed by atoms with Crippen LogP contribution in [0.2, 0.25) is 5.02 Å². The fourth-order valence-electron chi connectivity index (χ4n) is 0.911. The van der Waals surface area contributed by atoms with E-state index in [1.165, 1.54) is 12.3 Å². The number of rotatable bonds is 3. The Morgan fingerprint density at radius 1 is 1.79 bits per heavy atom. The maximum atomic E-state index is 11.3. The number of aromatic nitrogens is 1. The van der Waals surface area contributed by atoms with Gasteiger partial charge in [-0.2, -0.15) is 0 Å². The zero-order valence-electron chi connectivity index (χ0n) is 7.58. The van der Waals surface area contributed by atoms with Gasteiger partial charge in [0.05, 0.1) is 17.2 Å². The molecule has 1 aromatic rings. The van der Waals surface area contributed by atoms with Crippen molar-refractivity contribution in [1.29, 1.82) is 0 Å². The minimum absolute atomic E-state index is 0.161. The minimum Gasteiger partial charge on any atom is -0.462 e. The van der Waals surface area contributed by atoms with Gasteiger partial charge in [0.1, 0.15) is 0 Å². The quantitative estimate of drug-likeness (QED) is 0.450. The van der Waals surface area contributed by atoms with Crippen LogP contribution in [0.5, 0.6) is 0 Å². The lowest BCUT2D eigenvalue weighted by Gasteiger charge is -2.06. The van der Waals surface area contributed by atoms with E-state index < -0.39 is 5.97 Å². The van der Waals surface area contributed by atoms with E-state index in [4.69, 9.17) is 22.2 Å². The van der Waals surface area contributed by atoms with Gasteiger partial charge >= 0.3 is 5.97 Å². The number of esters is 1. The third kappa shape index (κ3) is 2.12. The van der Waals surface area contributed by atoms with Crippen LogP contribution in [-0.4, -0.2) is 17.6 Å².